The molecule has 0 rings (SSSR count). The van der Waals surface area contributed by atoms with Crippen LogP contribution in [-0.2, 0) is 28.7 Å². The quantitative estimate of drug-likeness (QED) is 0.342. The van der Waals surface area contributed by atoms with Crippen molar-refractivity contribution < 1.29 is 37.0 Å². The Morgan fingerprint density at radius 2 is 1.25 bits per heavy atom. The van der Waals surface area contributed by atoms with Crippen LogP contribution in [0.15, 0.2) is 0 Å². The van der Waals surface area contributed by atoms with Crippen LogP contribution in [0, 0.1) is 0 Å². The summed E-state index contributed by atoms with van der Waals surface area (Å²) in [6.45, 7) is 0. The van der Waals surface area contributed by atoms with E-state index in [0.717, 1.165) is 0 Å². The Morgan fingerprint density at radius 3 is 1.25 bits per heavy atom. The van der Waals surface area contributed by atoms with Gasteiger partial charge in [0.05, 0.1) is 0 Å². The van der Waals surface area contributed by atoms with E-state index in [-0.39, 0.29) is 0 Å². The second-order valence-electron chi connectivity index (χ2n) is 0.867. The molecule has 0 aromatic carbocycles. The Morgan fingerprint density at radius 1 is 1.12 bits per heavy atom. The molecule has 8 heavy (non-hydrogen) atoms. The van der Waals surface area contributed by atoms with Crippen LogP contribution >= 0.6 is 6.37 Å². The van der Waals surface area contributed by atoms with Gasteiger partial charge in [-0.2, -0.15) is 0 Å². The average molecular weight is 182 g/mol. The molecule has 0 aliphatic carbocycles. The standard InChI is InChI=1S/Mn.O2P.4O/c;1-3-2;;;;/q;;;;2*-1. The third kappa shape index (κ3) is 2.30. The van der Waals surface area contributed by atoms with Crippen LogP contribution in [0.5, 0.6) is 0 Å². The molecule has 0 fully saturated rings. The van der Waals surface area contributed by atoms with E-state index in [1.807, 2.05) is 0 Å². The molecule has 0 aromatic rings. The van der Waals surface area contributed by atoms with Gasteiger partial charge in [-0.1, -0.05) is 0 Å². The Labute approximate surface area is 44.2 Å². The molecule has 0 saturated heterocycles. The zero-order valence-corrected chi connectivity index (χ0v) is 5.35. The molecule has 0 radical (unpaired) electrons. The predicted molar refractivity (Wildman–Crippen MR) is 9.67 cm³/mol. The third-order valence-electron chi connectivity index (χ3n) is 0.225. The molecule has 0 spiro atoms. The van der Waals surface area contributed by atoms with Crippen LogP contribution in [0.2, 0.25) is 0 Å². The monoisotopic (exact) mass is 182 g/mol. The predicted octanol–water partition coefficient (Wildman–Crippen LogP) is -1.99. The molecule has 50 valence electrons. The van der Waals surface area contributed by atoms with Gasteiger partial charge in [0, 0.05) is 0 Å². The molecule has 0 saturated carbocycles. The van der Waals surface area contributed by atoms with E-state index in [1.165, 1.54) is 0 Å². The summed E-state index contributed by atoms with van der Waals surface area (Å²) >= 11 is -7.46. The SMILES string of the molecule is O=[P](=O)[Mn](=[O])(=[O])([O-])[O-]. The van der Waals surface area contributed by atoms with Gasteiger partial charge in [-0.3, -0.25) is 0 Å². The molecule has 6 nitrogen and oxygen atoms in total. The van der Waals surface area contributed by atoms with Gasteiger partial charge < -0.3 is 0 Å². The van der Waals surface area contributed by atoms with Crippen LogP contribution in [-0.4, -0.2) is 0 Å². The van der Waals surface area contributed by atoms with Gasteiger partial charge in [-0.15, -0.1) is 0 Å². The summed E-state index contributed by atoms with van der Waals surface area (Å²) in [6.07, 6.45) is -4.39. The van der Waals surface area contributed by atoms with Crippen molar-refractivity contribution in [3.8, 4) is 0 Å². The van der Waals surface area contributed by atoms with E-state index in [1.54, 1.807) is 0 Å². The zero-order chi connectivity index (χ0) is 7.02. The molecule has 0 heterocycles. The molecule has 0 aliphatic heterocycles. The van der Waals surface area contributed by atoms with Crippen molar-refractivity contribution in [1.29, 1.82) is 0 Å². The summed E-state index contributed by atoms with van der Waals surface area (Å²) in [5.74, 6) is 0. The van der Waals surface area contributed by atoms with Gasteiger partial charge in [-0.05, 0) is 0 Å². The van der Waals surface area contributed by atoms with E-state index in [0.29, 0.717) is 0 Å². The molecule has 8 heteroatoms. The van der Waals surface area contributed by atoms with Crippen molar-refractivity contribution in [2.24, 2.45) is 0 Å². The Balaban J connectivity index is 5.37. The number of rotatable bonds is 1. The number of hydrogen-bond acceptors (Lipinski definition) is 6. The molecule has 0 N–H and O–H groups in total. The summed E-state index contributed by atoms with van der Waals surface area (Å²) < 4.78 is 55.5. The first-order valence-corrected chi connectivity index (χ1v) is 5.73. The normalized spacial score (nSPS) is 16.5. The molecule has 0 unspecified atom stereocenters. The second kappa shape index (κ2) is 1.46. The van der Waals surface area contributed by atoms with E-state index in [9.17, 15) is 25.2 Å². The molecular formula is MnO6P-2. The fourth-order valence-corrected chi connectivity index (χ4v) is 0. The van der Waals surface area contributed by atoms with Crippen molar-refractivity contribution >= 4 is 6.37 Å². The van der Waals surface area contributed by atoms with Gasteiger partial charge >= 0.3 is 43.4 Å². The summed E-state index contributed by atoms with van der Waals surface area (Å²) in [5, 5.41) is 0. The summed E-state index contributed by atoms with van der Waals surface area (Å²) in [4.78, 5) is 0. The van der Waals surface area contributed by atoms with Crippen LogP contribution < -0.4 is 8.38 Å². The maximum absolute atomic E-state index is 9.27. The second-order valence-corrected chi connectivity index (χ2v) is 6.90. The average Bonchev–Trinajstić information content (AvgIpc) is 1.27. The van der Waals surface area contributed by atoms with Crippen LogP contribution in [0.1, 0.15) is 0 Å². The Bertz CT molecular complexity index is 254. The van der Waals surface area contributed by atoms with Crippen LogP contribution in [0.25, 0.3) is 0 Å². The van der Waals surface area contributed by atoms with Gasteiger partial charge in [-0.25, -0.2) is 0 Å². The first-order chi connectivity index (χ1) is 3.20. The van der Waals surface area contributed by atoms with Crippen molar-refractivity contribution in [3.63, 3.8) is 0 Å². The third-order valence-corrected chi connectivity index (χ3v) is 2.79. The van der Waals surface area contributed by atoms with E-state index in [2.05, 4.69) is 0 Å². The Kier molecular flexibility index (Phi) is 1.45. The number of hydrogen-bond donors (Lipinski definition) is 0. The van der Waals surface area contributed by atoms with Crippen LogP contribution in [0.4, 0.5) is 0 Å². The van der Waals surface area contributed by atoms with Crippen molar-refractivity contribution in [1.82, 2.24) is 0 Å². The van der Waals surface area contributed by atoms with Crippen molar-refractivity contribution in [3.05, 3.63) is 0 Å². The molecule has 0 atom stereocenters. The molecular weight excluding hydrogens is 182 g/mol. The minimum atomic E-state index is -7.46. The maximum atomic E-state index is 9.27. The summed E-state index contributed by atoms with van der Waals surface area (Å²) in [7, 11) is 0. The molecule has 0 aromatic heterocycles. The van der Waals surface area contributed by atoms with Gasteiger partial charge in [0.2, 0.25) is 0 Å². The zero-order valence-electron chi connectivity index (χ0n) is 3.27. The van der Waals surface area contributed by atoms with Gasteiger partial charge in [0.15, 0.2) is 0 Å². The topological polar surface area (TPSA) is 114 Å². The fourth-order valence-electron chi connectivity index (χ4n) is 0. The first kappa shape index (κ1) is 7.94. The summed E-state index contributed by atoms with van der Waals surface area (Å²) in [6, 6.07) is 0. The van der Waals surface area contributed by atoms with E-state index >= 15 is 0 Å². The van der Waals surface area contributed by atoms with E-state index in [4.69, 9.17) is 0 Å². The van der Waals surface area contributed by atoms with E-state index < -0.39 is 18.2 Å². The van der Waals surface area contributed by atoms with Crippen molar-refractivity contribution in [2.75, 3.05) is 0 Å². The Hall–Kier alpha value is -0.0605. The first-order valence-electron chi connectivity index (χ1n) is 1.15. The fraction of sp³-hybridized carbons (Fsp3) is 0. The van der Waals surface area contributed by atoms with Crippen LogP contribution in [0.3, 0.4) is 0 Å². The van der Waals surface area contributed by atoms with Gasteiger partial charge in [0.25, 0.3) is 0 Å². The molecule has 0 aliphatic rings. The van der Waals surface area contributed by atoms with Gasteiger partial charge in [0.1, 0.15) is 0 Å². The van der Waals surface area contributed by atoms with Crippen molar-refractivity contribution in [2.45, 2.75) is 0 Å². The summed E-state index contributed by atoms with van der Waals surface area (Å²) in [5.41, 5.74) is 0. The molecule has 0 amide bonds. The minimum absolute atomic E-state index is 4.39. The molecule has 0 bridgehead atoms.